The number of hydrogen-bond donors (Lipinski definition) is 3. The molecule has 25 heavy (non-hydrogen) atoms. The van der Waals surface area contributed by atoms with Crippen molar-refractivity contribution in [2.75, 3.05) is 6.54 Å². The number of hydrogen-bond acceptors (Lipinski definition) is 4. The average molecular weight is 349 g/mol. The van der Waals surface area contributed by atoms with Gasteiger partial charge in [-0.25, -0.2) is 0 Å². The summed E-state index contributed by atoms with van der Waals surface area (Å²) < 4.78 is 0. The molecule has 0 fully saturated rings. The molecule has 0 aliphatic carbocycles. The molecular formula is C21H36N2O2. The third kappa shape index (κ3) is 7.57. The Labute approximate surface area is 153 Å². The fraction of sp³-hybridized carbons (Fsp3) is 0.667. The van der Waals surface area contributed by atoms with Crippen molar-refractivity contribution in [3.63, 3.8) is 0 Å². The van der Waals surface area contributed by atoms with Crippen molar-refractivity contribution in [2.24, 2.45) is 11.5 Å². The van der Waals surface area contributed by atoms with Gasteiger partial charge in [-0.15, -0.1) is 0 Å². The van der Waals surface area contributed by atoms with Gasteiger partial charge < -0.3 is 16.6 Å². The highest BCUT2D eigenvalue weighted by atomic mass is 16.3. The van der Waals surface area contributed by atoms with E-state index in [1.165, 1.54) is 57.8 Å². The largest absolute Gasteiger partial charge is 0.507 e. The monoisotopic (exact) mass is 348 g/mol. The van der Waals surface area contributed by atoms with E-state index in [1.807, 2.05) is 6.07 Å². The molecule has 0 aliphatic heterocycles. The summed E-state index contributed by atoms with van der Waals surface area (Å²) in [7, 11) is 0. The maximum Gasteiger partial charge on any atom is 0.154 e. The van der Waals surface area contributed by atoms with Crippen LogP contribution in [0.1, 0.15) is 98.7 Å². The Hall–Kier alpha value is -1.39. The molecule has 142 valence electrons. The lowest BCUT2D eigenvalue weighted by atomic mass is 9.91. The van der Waals surface area contributed by atoms with Crippen LogP contribution >= 0.6 is 0 Å². The molecule has 0 heterocycles. The summed E-state index contributed by atoms with van der Waals surface area (Å²) in [5.74, 6) is -0.0132. The molecule has 0 saturated heterocycles. The highest BCUT2D eigenvalue weighted by molar-refractivity contribution is 5.82. The SMILES string of the molecule is CCCCCCCCCCCCc1ccc(O)c(C=O)c1C(N)CN. The van der Waals surface area contributed by atoms with Gasteiger partial charge in [-0.05, 0) is 30.0 Å². The molecule has 1 aromatic rings. The predicted molar refractivity (Wildman–Crippen MR) is 105 cm³/mol. The smallest absolute Gasteiger partial charge is 0.154 e. The van der Waals surface area contributed by atoms with Gasteiger partial charge in [0.2, 0.25) is 0 Å². The van der Waals surface area contributed by atoms with Crippen LogP contribution < -0.4 is 11.5 Å². The van der Waals surface area contributed by atoms with Crippen LogP contribution in [0.25, 0.3) is 0 Å². The van der Waals surface area contributed by atoms with Crippen molar-refractivity contribution in [3.8, 4) is 5.75 Å². The Morgan fingerprint density at radius 2 is 1.56 bits per heavy atom. The Morgan fingerprint density at radius 3 is 2.08 bits per heavy atom. The Balaban J connectivity index is 2.38. The second-order valence-corrected chi connectivity index (χ2v) is 6.96. The fourth-order valence-electron chi connectivity index (χ4n) is 3.37. The van der Waals surface area contributed by atoms with E-state index in [-0.39, 0.29) is 12.3 Å². The molecule has 1 unspecified atom stereocenters. The summed E-state index contributed by atoms with van der Waals surface area (Å²) in [6.45, 7) is 2.51. The number of rotatable bonds is 14. The molecule has 0 spiro atoms. The minimum atomic E-state index is -0.412. The van der Waals surface area contributed by atoms with Gasteiger partial charge in [-0.2, -0.15) is 0 Å². The maximum atomic E-state index is 11.3. The van der Waals surface area contributed by atoms with Crippen molar-refractivity contribution in [1.29, 1.82) is 0 Å². The van der Waals surface area contributed by atoms with Gasteiger partial charge in [0, 0.05) is 12.6 Å². The van der Waals surface area contributed by atoms with Gasteiger partial charge in [0.1, 0.15) is 5.75 Å². The molecule has 0 bridgehead atoms. The fourth-order valence-corrected chi connectivity index (χ4v) is 3.37. The number of aldehydes is 1. The van der Waals surface area contributed by atoms with Crippen molar-refractivity contribution in [3.05, 3.63) is 28.8 Å². The van der Waals surface area contributed by atoms with Crippen LogP contribution in [0.4, 0.5) is 0 Å². The quantitative estimate of drug-likeness (QED) is 0.338. The number of phenolic OH excluding ortho intramolecular Hbond substituents is 1. The summed E-state index contributed by atoms with van der Waals surface area (Å²) >= 11 is 0. The van der Waals surface area contributed by atoms with Crippen LogP contribution in [0, 0.1) is 0 Å². The van der Waals surface area contributed by atoms with Gasteiger partial charge in [-0.3, -0.25) is 4.79 Å². The third-order valence-corrected chi connectivity index (χ3v) is 4.90. The van der Waals surface area contributed by atoms with Gasteiger partial charge in [0.15, 0.2) is 6.29 Å². The lowest BCUT2D eigenvalue weighted by Gasteiger charge is -2.18. The number of unbranched alkanes of at least 4 members (excludes halogenated alkanes) is 9. The average Bonchev–Trinajstić information content (AvgIpc) is 2.63. The number of aromatic hydroxyl groups is 1. The lowest BCUT2D eigenvalue weighted by molar-refractivity contribution is 0.111. The van der Waals surface area contributed by atoms with E-state index >= 15 is 0 Å². The molecule has 0 aromatic heterocycles. The van der Waals surface area contributed by atoms with E-state index in [0.717, 1.165) is 18.4 Å². The van der Waals surface area contributed by atoms with E-state index in [1.54, 1.807) is 6.07 Å². The summed E-state index contributed by atoms with van der Waals surface area (Å²) in [4.78, 5) is 11.3. The Kier molecular flexibility index (Phi) is 11.2. The minimum absolute atomic E-state index is 0.0132. The highest BCUT2D eigenvalue weighted by Gasteiger charge is 2.17. The van der Waals surface area contributed by atoms with Crippen LogP contribution in [-0.2, 0) is 6.42 Å². The standard InChI is InChI=1S/C21H36N2O2/c1-2-3-4-5-6-7-8-9-10-11-12-17-13-14-20(25)18(16-24)21(17)19(23)15-22/h13-14,16,19,25H,2-12,15,22-23H2,1H3. The number of aryl methyl sites for hydroxylation is 1. The summed E-state index contributed by atoms with van der Waals surface area (Å²) in [5.41, 5.74) is 13.8. The van der Waals surface area contributed by atoms with E-state index in [4.69, 9.17) is 11.5 Å². The number of phenols is 1. The van der Waals surface area contributed by atoms with Crippen LogP contribution in [0.2, 0.25) is 0 Å². The van der Waals surface area contributed by atoms with E-state index < -0.39 is 6.04 Å². The second kappa shape index (κ2) is 12.9. The zero-order valence-corrected chi connectivity index (χ0v) is 15.8. The molecule has 0 radical (unpaired) electrons. The van der Waals surface area contributed by atoms with Gasteiger partial charge in [0.25, 0.3) is 0 Å². The van der Waals surface area contributed by atoms with Gasteiger partial charge >= 0.3 is 0 Å². The van der Waals surface area contributed by atoms with Crippen molar-refractivity contribution in [1.82, 2.24) is 0 Å². The number of carbonyl (C=O) groups excluding carboxylic acids is 1. The van der Waals surface area contributed by atoms with E-state index in [9.17, 15) is 9.90 Å². The lowest BCUT2D eigenvalue weighted by Crippen LogP contribution is -2.23. The second-order valence-electron chi connectivity index (χ2n) is 6.96. The normalized spacial score (nSPS) is 12.3. The summed E-state index contributed by atoms with van der Waals surface area (Å²) in [6.07, 6.45) is 14.5. The van der Waals surface area contributed by atoms with E-state index in [0.29, 0.717) is 17.4 Å². The summed E-state index contributed by atoms with van der Waals surface area (Å²) in [5, 5.41) is 9.88. The topological polar surface area (TPSA) is 89.3 Å². The molecule has 1 rings (SSSR count). The van der Waals surface area contributed by atoms with Crippen LogP contribution in [-0.4, -0.2) is 17.9 Å². The van der Waals surface area contributed by atoms with Crippen LogP contribution in [0.3, 0.4) is 0 Å². The van der Waals surface area contributed by atoms with Crippen molar-refractivity contribution >= 4 is 6.29 Å². The predicted octanol–water partition coefficient (Wildman–Crippen LogP) is 4.63. The maximum absolute atomic E-state index is 11.3. The van der Waals surface area contributed by atoms with Gasteiger partial charge in [0.05, 0.1) is 5.56 Å². The molecular weight excluding hydrogens is 312 g/mol. The molecule has 0 saturated carbocycles. The Bertz CT molecular complexity index is 503. The van der Waals surface area contributed by atoms with Crippen LogP contribution in [0.5, 0.6) is 5.75 Å². The zero-order valence-electron chi connectivity index (χ0n) is 15.8. The minimum Gasteiger partial charge on any atom is -0.507 e. The first-order chi connectivity index (χ1) is 12.2. The molecule has 1 atom stereocenters. The third-order valence-electron chi connectivity index (χ3n) is 4.90. The first-order valence-corrected chi connectivity index (χ1v) is 9.91. The van der Waals surface area contributed by atoms with Crippen LogP contribution in [0.15, 0.2) is 12.1 Å². The van der Waals surface area contributed by atoms with Crippen molar-refractivity contribution in [2.45, 2.75) is 83.6 Å². The molecule has 4 heteroatoms. The summed E-state index contributed by atoms with van der Waals surface area (Å²) in [6, 6.07) is 3.05. The first-order valence-electron chi connectivity index (χ1n) is 9.91. The highest BCUT2D eigenvalue weighted by Crippen LogP contribution is 2.28. The van der Waals surface area contributed by atoms with Gasteiger partial charge in [-0.1, -0.05) is 70.8 Å². The molecule has 1 aromatic carbocycles. The van der Waals surface area contributed by atoms with Crippen molar-refractivity contribution < 1.29 is 9.90 Å². The number of nitrogens with two attached hydrogens (primary N) is 2. The van der Waals surface area contributed by atoms with E-state index in [2.05, 4.69) is 6.92 Å². The zero-order chi connectivity index (χ0) is 18.5. The number of benzene rings is 1. The Morgan fingerprint density at radius 1 is 1.00 bits per heavy atom. The number of carbonyl (C=O) groups is 1. The molecule has 4 nitrogen and oxygen atoms in total. The molecule has 0 aliphatic rings. The molecule has 0 amide bonds. The first kappa shape index (κ1) is 21.7. The molecule has 5 N–H and O–H groups in total.